The first-order chi connectivity index (χ1) is 7.97. The highest BCUT2D eigenvalue weighted by atomic mass is 35.5. The third-order valence-corrected chi connectivity index (χ3v) is 5.92. The molecule has 0 radical (unpaired) electrons. The van der Waals surface area contributed by atoms with Crippen molar-refractivity contribution in [3.63, 3.8) is 0 Å². The predicted octanol–water partition coefficient (Wildman–Crippen LogP) is 2.19. The molecule has 0 aromatic carbocycles. The fraction of sp³-hybridized carbons (Fsp3) is 0.500. The summed E-state index contributed by atoms with van der Waals surface area (Å²) in [5.41, 5.74) is 0. The number of halogens is 1. The van der Waals surface area contributed by atoms with Crippen molar-refractivity contribution in [1.82, 2.24) is 4.72 Å². The third-order valence-electron chi connectivity index (χ3n) is 2.68. The first-order valence-corrected chi connectivity index (χ1v) is 7.94. The Morgan fingerprint density at radius 1 is 1.29 bits per heavy atom. The Kier molecular flexibility index (Phi) is 3.87. The van der Waals surface area contributed by atoms with E-state index in [9.17, 15) is 13.2 Å². The highest BCUT2D eigenvalue weighted by molar-refractivity contribution is 7.91. The minimum absolute atomic E-state index is 0.140. The summed E-state index contributed by atoms with van der Waals surface area (Å²) in [4.78, 5) is 11.1. The second-order valence-electron chi connectivity index (χ2n) is 3.99. The van der Waals surface area contributed by atoms with Crippen LogP contribution in [0.25, 0.3) is 0 Å². The maximum Gasteiger partial charge on any atom is 0.250 e. The molecule has 94 valence electrons. The van der Waals surface area contributed by atoms with Crippen LogP contribution in [-0.4, -0.2) is 20.2 Å². The van der Waals surface area contributed by atoms with Crippen LogP contribution in [0, 0.1) is 0 Å². The number of thiophene rings is 1. The molecule has 0 amide bonds. The van der Waals surface area contributed by atoms with E-state index in [4.69, 9.17) is 11.6 Å². The topological polar surface area (TPSA) is 63.2 Å². The Hall–Kier alpha value is -0.430. The summed E-state index contributed by atoms with van der Waals surface area (Å²) in [7, 11) is -3.48. The number of ketones is 1. The summed E-state index contributed by atoms with van der Waals surface area (Å²) in [5, 5.41) is 0. The van der Waals surface area contributed by atoms with Crippen molar-refractivity contribution >= 4 is 38.7 Å². The van der Waals surface area contributed by atoms with Gasteiger partial charge in [-0.25, -0.2) is 13.1 Å². The van der Waals surface area contributed by atoms with Gasteiger partial charge in [0, 0.05) is 18.9 Å². The Morgan fingerprint density at radius 2 is 1.94 bits per heavy atom. The van der Waals surface area contributed by atoms with Crippen LogP contribution in [0.5, 0.6) is 0 Å². The van der Waals surface area contributed by atoms with Crippen LogP contribution in [0.15, 0.2) is 16.3 Å². The largest absolute Gasteiger partial charge is 0.300 e. The van der Waals surface area contributed by atoms with Crippen LogP contribution in [0.2, 0.25) is 4.34 Å². The minimum atomic E-state index is -3.48. The number of Topliss-reactive ketones (excluding diaryl/α,β-unsaturated/α-hetero) is 1. The van der Waals surface area contributed by atoms with E-state index in [1.807, 2.05) is 0 Å². The second-order valence-corrected chi connectivity index (χ2v) is 7.65. The summed E-state index contributed by atoms with van der Waals surface area (Å²) in [6.45, 7) is 0. The van der Waals surface area contributed by atoms with Gasteiger partial charge in [-0.05, 0) is 25.0 Å². The molecule has 0 atom stereocenters. The molecule has 1 aromatic heterocycles. The average Bonchev–Trinajstić information content (AvgIpc) is 2.69. The molecule has 1 fully saturated rings. The fourth-order valence-electron chi connectivity index (χ4n) is 1.78. The third kappa shape index (κ3) is 3.28. The molecule has 0 aliphatic heterocycles. The molecule has 2 rings (SSSR count). The van der Waals surface area contributed by atoms with E-state index in [0.717, 1.165) is 11.3 Å². The smallest absolute Gasteiger partial charge is 0.250 e. The summed E-state index contributed by atoms with van der Waals surface area (Å²) >= 11 is 6.74. The van der Waals surface area contributed by atoms with Gasteiger partial charge in [0.15, 0.2) is 0 Å². The quantitative estimate of drug-likeness (QED) is 0.929. The molecule has 0 bridgehead atoms. The van der Waals surface area contributed by atoms with Crippen molar-refractivity contribution in [3.05, 3.63) is 16.5 Å². The van der Waals surface area contributed by atoms with Crippen LogP contribution < -0.4 is 4.72 Å². The average molecular weight is 294 g/mol. The van der Waals surface area contributed by atoms with Gasteiger partial charge < -0.3 is 0 Å². The van der Waals surface area contributed by atoms with Gasteiger partial charge >= 0.3 is 0 Å². The Morgan fingerprint density at radius 3 is 2.47 bits per heavy atom. The molecule has 17 heavy (non-hydrogen) atoms. The number of hydrogen-bond donors (Lipinski definition) is 1. The van der Waals surface area contributed by atoms with Crippen molar-refractivity contribution in [2.45, 2.75) is 35.9 Å². The van der Waals surface area contributed by atoms with Crippen molar-refractivity contribution in [2.24, 2.45) is 0 Å². The number of nitrogens with one attached hydrogen (secondary N) is 1. The lowest BCUT2D eigenvalue weighted by molar-refractivity contribution is -0.120. The standard InChI is InChI=1S/C10H12ClNO3S2/c11-9-5-6-10(16-9)17(14,15)12-7-1-3-8(13)4-2-7/h5-7,12H,1-4H2. The molecular formula is C10H12ClNO3S2. The van der Waals surface area contributed by atoms with Crippen LogP contribution in [0.3, 0.4) is 0 Å². The molecule has 1 aliphatic carbocycles. The SMILES string of the molecule is O=C1CCC(NS(=O)(=O)c2ccc(Cl)s2)CC1. The molecule has 7 heteroatoms. The summed E-state index contributed by atoms with van der Waals surface area (Å²) in [6, 6.07) is 2.91. The van der Waals surface area contributed by atoms with Gasteiger partial charge in [0.1, 0.15) is 9.99 Å². The molecule has 1 N–H and O–H groups in total. The summed E-state index contributed by atoms with van der Waals surface area (Å²) in [6.07, 6.45) is 2.07. The molecule has 1 aromatic rings. The van der Waals surface area contributed by atoms with E-state index in [1.165, 1.54) is 6.07 Å². The van der Waals surface area contributed by atoms with Gasteiger partial charge in [0.05, 0.1) is 4.34 Å². The lowest BCUT2D eigenvalue weighted by atomic mass is 9.95. The number of hydrogen-bond acceptors (Lipinski definition) is 4. The van der Waals surface area contributed by atoms with Gasteiger partial charge in [-0.3, -0.25) is 4.79 Å². The van der Waals surface area contributed by atoms with E-state index in [-0.39, 0.29) is 16.0 Å². The predicted molar refractivity (Wildman–Crippen MR) is 66.9 cm³/mol. The summed E-state index contributed by atoms with van der Waals surface area (Å²) in [5.74, 6) is 0.208. The van der Waals surface area contributed by atoms with Gasteiger partial charge in [0.25, 0.3) is 0 Å². The highest BCUT2D eigenvalue weighted by Gasteiger charge is 2.25. The van der Waals surface area contributed by atoms with Crippen LogP contribution >= 0.6 is 22.9 Å². The molecule has 0 spiro atoms. The number of carbonyl (C=O) groups is 1. The zero-order valence-electron chi connectivity index (χ0n) is 8.98. The maximum absolute atomic E-state index is 12.0. The van der Waals surface area contributed by atoms with Gasteiger partial charge in [-0.2, -0.15) is 0 Å². The Labute approximate surface area is 109 Å². The molecular weight excluding hydrogens is 282 g/mol. The van der Waals surface area contributed by atoms with E-state index < -0.39 is 10.0 Å². The van der Waals surface area contributed by atoms with E-state index in [0.29, 0.717) is 30.0 Å². The first kappa shape index (κ1) is 13.0. The number of carbonyl (C=O) groups excluding carboxylic acids is 1. The van der Waals surface area contributed by atoms with Gasteiger partial charge in [0.2, 0.25) is 10.0 Å². The first-order valence-electron chi connectivity index (χ1n) is 5.27. The lowest BCUT2D eigenvalue weighted by Gasteiger charge is -2.21. The van der Waals surface area contributed by atoms with E-state index >= 15 is 0 Å². The zero-order chi connectivity index (χ0) is 12.5. The van der Waals surface area contributed by atoms with Crippen LogP contribution in [0.1, 0.15) is 25.7 Å². The van der Waals surface area contributed by atoms with Gasteiger partial charge in [-0.1, -0.05) is 11.6 Å². The molecule has 1 saturated carbocycles. The Bertz CT molecular complexity index is 513. The lowest BCUT2D eigenvalue weighted by Crippen LogP contribution is -2.37. The maximum atomic E-state index is 12.0. The van der Waals surface area contributed by atoms with Crippen LogP contribution in [0.4, 0.5) is 0 Å². The normalized spacial score (nSPS) is 18.5. The van der Waals surface area contributed by atoms with E-state index in [1.54, 1.807) is 6.07 Å². The molecule has 0 unspecified atom stereocenters. The second kappa shape index (κ2) is 5.06. The fourth-order valence-corrected chi connectivity index (χ4v) is 4.58. The van der Waals surface area contributed by atoms with Gasteiger partial charge in [-0.15, -0.1) is 11.3 Å². The number of sulfonamides is 1. The van der Waals surface area contributed by atoms with Crippen molar-refractivity contribution in [1.29, 1.82) is 0 Å². The molecule has 4 nitrogen and oxygen atoms in total. The minimum Gasteiger partial charge on any atom is -0.300 e. The Balaban J connectivity index is 2.05. The molecule has 0 saturated heterocycles. The molecule has 1 heterocycles. The number of rotatable bonds is 3. The zero-order valence-corrected chi connectivity index (χ0v) is 11.4. The molecule has 1 aliphatic rings. The highest BCUT2D eigenvalue weighted by Crippen LogP contribution is 2.26. The monoisotopic (exact) mass is 293 g/mol. The van der Waals surface area contributed by atoms with Crippen LogP contribution in [-0.2, 0) is 14.8 Å². The van der Waals surface area contributed by atoms with Crippen molar-refractivity contribution in [3.8, 4) is 0 Å². The van der Waals surface area contributed by atoms with E-state index in [2.05, 4.69) is 4.72 Å². The summed E-state index contributed by atoms with van der Waals surface area (Å²) < 4.78 is 27.2. The van der Waals surface area contributed by atoms with Crippen molar-refractivity contribution in [2.75, 3.05) is 0 Å². The van der Waals surface area contributed by atoms with Crippen molar-refractivity contribution < 1.29 is 13.2 Å².